The van der Waals surface area contributed by atoms with E-state index < -0.39 is 10.0 Å². The summed E-state index contributed by atoms with van der Waals surface area (Å²) in [5.74, 6) is 0. The van der Waals surface area contributed by atoms with Gasteiger partial charge in [-0.25, -0.2) is 13.1 Å². The highest BCUT2D eigenvalue weighted by molar-refractivity contribution is 7.89. The molecule has 0 saturated heterocycles. The molecule has 0 aromatic carbocycles. The maximum absolute atomic E-state index is 12.1. The Bertz CT molecular complexity index is 522. The molecule has 0 unspecified atom stereocenters. The molecule has 0 aliphatic heterocycles. The van der Waals surface area contributed by atoms with Gasteiger partial charge in [0.2, 0.25) is 0 Å². The molecule has 1 saturated carbocycles. The van der Waals surface area contributed by atoms with E-state index in [9.17, 15) is 8.42 Å². The maximum atomic E-state index is 12.1. The Morgan fingerprint density at radius 2 is 2.20 bits per heavy atom. The zero-order valence-electron chi connectivity index (χ0n) is 11.8. The van der Waals surface area contributed by atoms with E-state index >= 15 is 0 Å². The van der Waals surface area contributed by atoms with Gasteiger partial charge in [-0.2, -0.15) is 5.10 Å². The second-order valence-electron chi connectivity index (χ2n) is 5.25. The summed E-state index contributed by atoms with van der Waals surface area (Å²) in [5, 5.41) is 6.30. The molecule has 1 aromatic heterocycles. The summed E-state index contributed by atoms with van der Waals surface area (Å²) < 4.78 is 26.8. The van der Waals surface area contributed by atoms with Crippen LogP contribution in [0.1, 0.15) is 31.2 Å². The molecule has 0 amide bonds. The van der Waals surface area contributed by atoms with Crippen molar-refractivity contribution >= 4 is 10.0 Å². The standard InChI is InChI=1S/C12H23N5O2S/c1-17(11-4-2-3-5-11)7-6-15-20(18,19)12-10(8-13)9-14-16-12/h9,11,15H,2-8,13H2,1H3,(H,14,16). The molecule has 2 rings (SSSR count). The number of aromatic amines is 1. The van der Waals surface area contributed by atoms with Crippen molar-refractivity contribution in [1.29, 1.82) is 0 Å². The number of nitrogens with one attached hydrogen (secondary N) is 2. The van der Waals surface area contributed by atoms with Crippen LogP contribution in [0.15, 0.2) is 11.2 Å². The lowest BCUT2D eigenvalue weighted by Crippen LogP contribution is -2.37. The van der Waals surface area contributed by atoms with Crippen molar-refractivity contribution in [1.82, 2.24) is 19.8 Å². The molecule has 1 aliphatic carbocycles. The van der Waals surface area contributed by atoms with Crippen LogP contribution in [0.3, 0.4) is 0 Å². The first-order valence-electron chi connectivity index (χ1n) is 6.97. The lowest BCUT2D eigenvalue weighted by atomic mass is 10.2. The molecule has 4 N–H and O–H groups in total. The summed E-state index contributed by atoms with van der Waals surface area (Å²) in [4.78, 5) is 2.23. The number of nitrogens with zero attached hydrogens (tertiary/aromatic N) is 2. The summed E-state index contributed by atoms with van der Waals surface area (Å²) in [5.41, 5.74) is 5.99. The zero-order valence-corrected chi connectivity index (χ0v) is 12.6. The summed E-state index contributed by atoms with van der Waals surface area (Å²) in [6.45, 7) is 1.24. The van der Waals surface area contributed by atoms with Crippen molar-refractivity contribution in [2.75, 3.05) is 20.1 Å². The van der Waals surface area contributed by atoms with Crippen LogP contribution in [0.2, 0.25) is 0 Å². The summed E-state index contributed by atoms with van der Waals surface area (Å²) in [6.07, 6.45) is 6.41. The fourth-order valence-corrected chi connectivity index (χ4v) is 3.79. The number of H-pyrrole nitrogens is 1. The van der Waals surface area contributed by atoms with Gasteiger partial charge in [0.25, 0.3) is 10.0 Å². The van der Waals surface area contributed by atoms with E-state index in [0.717, 1.165) is 0 Å². The van der Waals surface area contributed by atoms with Gasteiger partial charge in [0.05, 0.1) is 6.20 Å². The van der Waals surface area contributed by atoms with E-state index in [1.807, 2.05) is 7.05 Å². The van der Waals surface area contributed by atoms with Crippen molar-refractivity contribution in [3.8, 4) is 0 Å². The van der Waals surface area contributed by atoms with Crippen molar-refractivity contribution in [3.05, 3.63) is 11.8 Å². The van der Waals surface area contributed by atoms with Gasteiger partial charge in [-0.15, -0.1) is 0 Å². The summed E-state index contributed by atoms with van der Waals surface area (Å²) in [7, 11) is -1.51. The highest BCUT2D eigenvalue weighted by Crippen LogP contribution is 2.21. The van der Waals surface area contributed by atoms with E-state index in [2.05, 4.69) is 19.8 Å². The molecule has 20 heavy (non-hydrogen) atoms. The molecular formula is C12H23N5O2S. The van der Waals surface area contributed by atoms with Crippen molar-refractivity contribution in [2.24, 2.45) is 5.73 Å². The zero-order chi connectivity index (χ0) is 14.6. The molecule has 0 radical (unpaired) electrons. The fraction of sp³-hybridized carbons (Fsp3) is 0.750. The fourth-order valence-electron chi connectivity index (χ4n) is 2.63. The first-order chi connectivity index (χ1) is 9.54. The van der Waals surface area contributed by atoms with Crippen LogP contribution < -0.4 is 10.5 Å². The number of rotatable bonds is 7. The molecular weight excluding hydrogens is 278 g/mol. The van der Waals surface area contributed by atoms with Crippen molar-refractivity contribution in [2.45, 2.75) is 43.3 Å². The molecule has 1 fully saturated rings. The molecule has 8 heteroatoms. The number of aromatic nitrogens is 2. The molecule has 1 aromatic rings. The molecule has 114 valence electrons. The predicted molar refractivity (Wildman–Crippen MR) is 76.6 cm³/mol. The number of hydrogen-bond donors (Lipinski definition) is 3. The van der Waals surface area contributed by atoms with Gasteiger partial charge in [0.15, 0.2) is 5.03 Å². The normalized spacial score (nSPS) is 17.1. The lowest BCUT2D eigenvalue weighted by molar-refractivity contribution is 0.250. The monoisotopic (exact) mass is 301 g/mol. The average Bonchev–Trinajstić information content (AvgIpc) is 3.09. The Morgan fingerprint density at radius 1 is 1.50 bits per heavy atom. The average molecular weight is 301 g/mol. The second kappa shape index (κ2) is 6.66. The van der Waals surface area contributed by atoms with Gasteiger partial charge < -0.3 is 10.6 Å². The summed E-state index contributed by atoms with van der Waals surface area (Å²) in [6, 6.07) is 0.589. The van der Waals surface area contributed by atoms with E-state index in [1.54, 1.807) is 0 Å². The summed E-state index contributed by atoms with van der Waals surface area (Å²) >= 11 is 0. The Kier molecular flexibility index (Phi) is 5.14. The highest BCUT2D eigenvalue weighted by atomic mass is 32.2. The lowest BCUT2D eigenvalue weighted by Gasteiger charge is -2.23. The Morgan fingerprint density at radius 3 is 2.85 bits per heavy atom. The number of nitrogens with two attached hydrogens (primary N) is 1. The smallest absolute Gasteiger partial charge is 0.257 e. The van der Waals surface area contributed by atoms with Crippen LogP contribution in [0, 0.1) is 0 Å². The van der Waals surface area contributed by atoms with Crippen LogP contribution in [-0.4, -0.2) is 49.7 Å². The van der Waals surface area contributed by atoms with Crippen molar-refractivity contribution < 1.29 is 8.42 Å². The molecule has 0 spiro atoms. The Labute approximate surface area is 120 Å². The van der Waals surface area contributed by atoms with Gasteiger partial charge in [0, 0.05) is 31.2 Å². The first-order valence-corrected chi connectivity index (χ1v) is 8.45. The maximum Gasteiger partial charge on any atom is 0.257 e. The quantitative estimate of drug-likeness (QED) is 0.658. The molecule has 1 aliphatic rings. The molecule has 0 atom stereocenters. The third-order valence-electron chi connectivity index (χ3n) is 3.87. The SMILES string of the molecule is CN(CCNS(=O)(=O)c1[nH]ncc1CN)C1CCCC1. The van der Waals surface area contributed by atoms with Gasteiger partial charge >= 0.3 is 0 Å². The molecule has 0 bridgehead atoms. The van der Waals surface area contributed by atoms with Crippen LogP contribution in [0.25, 0.3) is 0 Å². The largest absolute Gasteiger partial charge is 0.326 e. The van der Waals surface area contributed by atoms with E-state index in [4.69, 9.17) is 5.73 Å². The van der Waals surface area contributed by atoms with Crippen LogP contribution in [0.5, 0.6) is 0 Å². The topological polar surface area (TPSA) is 104 Å². The Hall–Kier alpha value is -0.960. The van der Waals surface area contributed by atoms with Crippen LogP contribution >= 0.6 is 0 Å². The number of hydrogen-bond acceptors (Lipinski definition) is 5. The van der Waals surface area contributed by atoms with Gasteiger partial charge in [-0.05, 0) is 19.9 Å². The first kappa shape index (κ1) is 15.4. The van der Waals surface area contributed by atoms with Gasteiger partial charge in [-0.3, -0.25) is 5.10 Å². The van der Waals surface area contributed by atoms with E-state index in [1.165, 1.54) is 31.9 Å². The van der Waals surface area contributed by atoms with Crippen molar-refractivity contribution in [3.63, 3.8) is 0 Å². The second-order valence-corrected chi connectivity index (χ2v) is 6.95. The third-order valence-corrected chi connectivity index (χ3v) is 5.35. The molecule has 7 nitrogen and oxygen atoms in total. The van der Waals surface area contributed by atoms with E-state index in [0.29, 0.717) is 24.7 Å². The highest BCUT2D eigenvalue weighted by Gasteiger charge is 2.22. The minimum Gasteiger partial charge on any atom is -0.326 e. The number of sulfonamides is 1. The van der Waals surface area contributed by atoms with Crippen LogP contribution in [0.4, 0.5) is 0 Å². The predicted octanol–water partition coefficient (Wildman–Crippen LogP) is 0.0211. The molecule has 1 heterocycles. The van der Waals surface area contributed by atoms with Gasteiger partial charge in [-0.1, -0.05) is 12.8 Å². The third kappa shape index (κ3) is 3.57. The van der Waals surface area contributed by atoms with E-state index in [-0.39, 0.29) is 11.6 Å². The minimum atomic E-state index is -3.55. The van der Waals surface area contributed by atoms with Gasteiger partial charge in [0.1, 0.15) is 0 Å². The van der Waals surface area contributed by atoms with Crippen LogP contribution in [-0.2, 0) is 16.6 Å². The number of likely N-dealkylation sites (N-methyl/N-ethyl adjacent to an activating group) is 1. The Balaban J connectivity index is 1.86. The minimum absolute atomic E-state index is 0.0727.